The van der Waals surface area contributed by atoms with Crippen LogP contribution in [0.15, 0.2) is 36.4 Å². The Kier molecular flexibility index (Phi) is 6.67. The smallest absolute Gasteiger partial charge is 0.254 e. The molecule has 0 aliphatic rings. The SMILES string of the molecule is CCOc1cccc(CN(CC)C(=O)c2cc(C(C)C)c(O)cc2C)c1. The van der Waals surface area contributed by atoms with Gasteiger partial charge in [-0.15, -0.1) is 0 Å². The number of carbonyl (C=O) groups excluding carboxylic acids is 1. The summed E-state index contributed by atoms with van der Waals surface area (Å²) >= 11 is 0. The Labute approximate surface area is 156 Å². The molecule has 0 heterocycles. The van der Waals surface area contributed by atoms with Crippen LogP contribution < -0.4 is 4.74 Å². The first-order chi connectivity index (χ1) is 12.4. The number of nitrogens with zero attached hydrogens (tertiary/aromatic N) is 1. The molecule has 2 aromatic rings. The van der Waals surface area contributed by atoms with E-state index in [0.717, 1.165) is 22.4 Å². The molecular weight excluding hydrogens is 326 g/mol. The summed E-state index contributed by atoms with van der Waals surface area (Å²) in [6.07, 6.45) is 0. The van der Waals surface area contributed by atoms with Crippen LogP contribution in [0.2, 0.25) is 0 Å². The number of aryl methyl sites for hydroxylation is 1. The molecule has 26 heavy (non-hydrogen) atoms. The first-order valence-electron chi connectivity index (χ1n) is 9.21. The number of aromatic hydroxyl groups is 1. The predicted molar refractivity (Wildman–Crippen MR) is 105 cm³/mol. The average Bonchev–Trinajstić information content (AvgIpc) is 2.59. The molecule has 4 heteroatoms. The Morgan fingerprint density at radius 3 is 2.54 bits per heavy atom. The van der Waals surface area contributed by atoms with Crippen LogP contribution in [0.4, 0.5) is 0 Å². The monoisotopic (exact) mass is 355 g/mol. The second-order valence-electron chi connectivity index (χ2n) is 6.78. The van der Waals surface area contributed by atoms with Crippen molar-refractivity contribution in [3.63, 3.8) is 0 Å². The van der Waals surface area contributed by atoms with Gasteiger partial charge < -0.3 is 14.7 Å². The first kappa shape index (κ1) is 19.8. The van der Waals surface area contributed by atoms with Crippen molar-refractivity contribution in [2.45, 2.75) is 47.1 Å². The lowest BCUT2D eigenvalue weighted by Gasteiger charge is -2.23. The van der Waals surface area contributed by atoms with Gasteiger partial charge in [0.25, 0.3) is 5.91 Å². The molecule has 0 radical (unpaired) electrons. The van der Waals surface area contributed by atoms with Crippen LogP contribution in [-0.4, -0.2) is 29.1 Å². The maximum Gasteiger partial charge on any atom is 0.254 e. The van der Waals surface area contributed by atoms with E-state index in [1.165, 1.54) is 0 Å². The van der Waals surface area contributed by atoms with Crippen LogP contribution in [0.25, 0.3) is 0 Å². The Balaban J connectivity index is 2.29. The van der Waals surface area contributed by atoms with Gasteiger partial charge in [-0.1, -0.05) is 26.0 Å². The molecule has 2 rings (SSSR count). The Morgan fingerprint density at radius 2 is 1.92 bits per heavy atom. The van der Waals surface area contributed by atoms with Gasteiger partial charge in [-0.2, -0.15) is 0 Å². The van der Waals surface area contributed by atoms with Crippen molar-refractivity contribution < 1.29 is 14.6 Å². The van der Waals surface area contributed by atoms with Gasteiger partial charge in [-0.25, -0.2) is 0 Å². The summed E-state index contributed by atoms with van der Waals surface area (Å²) in [7, 11) is 0. The largest absolute Gasteiger partial charge is 0.508 e. The lowest BCUT2D eigenvalue weighted by Crippen LogP contribution is -2.31. The third-order valence-electron chi connectivity index (χ3n) is 4.48. The molecule has 4 nitrogen and oxygen atoms in total. The van der Waals surface area contributed by atoms with E-state index < -0.39 is 0 Å². The van der Waals surface area contributed by atoms with Crippen LogP contribution in [0.3, 0.4) is 0 Å². The molecular formula is C22H29NO3. The molecule has 0 atom stereocenters. The number of benzene rings is 2. The summed E-state index contributed by atoms with van der Waals surface area (Å²) in [4.78, 5) is 14.9. The van der Waals surface area contributed by atoms with E-state index in [0.29, 0.717) is 25.3 Å². The van der Waals surface area contributed by atoms with Crippen molar-refractivity contribution in [2.24, 2.45) is 0 Å². The predicted octanol–water partition coefficient (Wildman–Crippen LogP) is 4.89. The number of carbonyl (C=O) groups is 1. The number of phenols is 1. The van der Waals surface area contributed by atoms with Gasteiger partial charge in [0.1, 0.15) is 11.5 Å². The van der Waals surface area contributed by atoms with Gasteiger partial charge >= 0.3 is 0 Å². The number of phenolic OH excluding ortho intramolecular Hbond substituents is 1. The highest BCUT2D eigenvalue weighted by Gasteiger charge is 2.20. The molecule has 0 aliphatic heterocycles. The molecule has 0 bridgehead atoms. The van der Waals surface area contributed by atoms with Crippen LogP contribution in [-0.2, 0) is 6.54 Å². The van der Waals surface area contributed by atoms with E-state index in [2.05, 4.69) is 0 Å². The zero-order chi connectivity index (χ0) is 19.3. The molecule has 0 saturated carbocycles. The Hall–Kier alpha value is -2.49. The van der Waals surface area contributed by atoms with Crippen LogP contribution in [0, 0.1) is 6.92 Å². The van der Waals surface area contributed by atoms with E-state index in [-0.39, 0.29) is 17.6 Å². The molecule has 0 unspecified atom stereocenters. The Morgan fingerprint density at radius 1 is 1.19 bits per heavy atom. The number of hydrogen-bond donors (Lipinski definition) is 1. The highest BCUT2D eigenvalue weighted by Crippen LogP contribution is 2.29. The fraction of sp³-hybridized carbons (Fsp3) is 0.409. The van der Waals surface area contributed by atoms with Crippen LogP contribution in [0.5, 0.6) is 11.5 Å². The van der Waals surface area contributed by atoms with E-state index in [4.69, 9.17) is 4.74 Å². The molecule has 140 valence electrons. The highest BCUT2D eigenvalue weighted by atomic mass is 16.5. The minimum absolute atomic E-state index is 0.0197. The van der Waals surface area contributed by atoms with Gasteiger partial charge in [-0.3, -0.25) is 4.79 Å². The fourth-order valence-electron chi connectivity index (χ4n) is 3.02. The second-order valence-corrected chi connectivity index (χ2v) is 6.78. The topological polar surface area (TPSA) is 49.8 Å². The standard InChI is InChI=1S/C22H29NO3/c1-6-23(14-17-9-8-10-18(12-17)26-7-2)22(25)20-13-19(15(3)4)21(24)11-16(20)5/h8-13,15,24H,6-7,14H2,1-5H3. The van der Waals surface area contributed by atoms with Gasteiger partial charge in [0.05, 0.1) is 6.61 Å². The maximum atomic E-state index is 13.1. The molecule has 0 fully saturated rings. The van der Waals surface area contributed by atoms with Gasteiger partial charge in [0.15, 0.2) is 0 Å². The van der Waals surface area contributed by atoms with Gasteiger partial charge in [0, 0.05) is 18.7 Å². The number of hydrogen-bond acceptors (Lipinski definition) is 3. The lowest BCUT2D eigenvalue weighted by atomic mass is 9.96. The average molecular weight is 355 g/mol. The second kappa shape index (κ2) is 8.75. The third-order valence-corrected chi connectivity index (χ3v) is 4.48. The molecule has 0 aliphatic carbocycles. The van der Waals surface area contributed by atoms with Crippen molar-refractivity contribution in [1.29, 1.82) is 0 Å². The molecule has 0 spiro atoms. The first-order valence-corrected chi connectivity index (χ1v) is 9.21. The molecule has 1 amide bonds. The summed E-state index contributed by atoms with van der Waals surface area (Å²) in [6.45, 7) is 11.6. The normalized spacial score (nSPS) is 10.8. The number of rotatable bonds is 7. The van der Waals surface area contributed by atoms with Gasteiger partial charge in [0.2, 0.25) is 0 Å². The fourth-order valence-corrected chi connectivity index (χ4v) is 3.02. The summed E-state index contributed by atoms with van der Waals surface area (Å²) in [5.74, 6) is 1.20. The summed E-state index contributed by atoms with van der Waals surface area (Å²) < 4.78 is 5.55. The van der Waals surface area contributed by atoms with E-state index >= 15 is 0 Å². The van der Waals surface area contributed by atoms with Gasteiger partial charge in [-0.05, 0) is 67.6 Å². The minimum atomic E-state index is -0.0197. The number of ether oxygens (including phenoxy) is 1. The summed E-state index contributed by atoms with van der Waals surface area (Å²) in [5, 5.41) is 10.1. The quantitative estimate of drug-likeness (QED) is 0.770. The van der Waals surface area contributed by atoms with Crippen LogP contribution in [0.1, 0.15) is 60.7 Å². The zero-order valence-electron chi connectivity index (χ0n) is 16.4. The highest BCUT2D eigenvalue weighted by molar-refractivity contribution is 5.96. The van der Waals surface area contributed by atoms with Crippen molar-refractivity contribution in [2.75, 3.05) is 13.2 Å². The van der Waals surface area contributed by atoms with E-state index in [1.54, 1.807) is 6.07 Å². The lowest BCUT2D eigenvalue weighted by molar-refractivity contribution is 0.0751. The Bertz CT molecular complexity index is 768. The van der Waals surface area contributed by atoms with Crippen molar-refractivity contribution in [3.8, 4) is 11.5 Å². The molecule has 2 aromatic carbocycles. The van der Waals surface area contributed by atoms with Crippen LogP contribution >= 0.6 is 0 Å². The molecule has 0 saturated heterocycles. The van der Waals surface area contributed by atoms with E-state index in [9.17, 15) is 9.90 Å². The molecule has 1 N–H and O–H groups in total. The van der Waals surface area contributed by atoms with Crippen molar-refractivity contribution >= 4 is 5.91 Å². The van der Waals surface area contributed by atoms with Crippen molar-refractivity contribution in [1.82, 2.24) is 4.90 Å². The summed E-state index contributed by atoms with van der Waals surface area (Å²) in [5.41, 5.74) is 3.27. The maximum absolute atomic E-state index is 13.1. The van der Waals surface area contributed by atoms with Crippen molar-refractivity contribution in [3.05, 3.63) is 58.7 Å². The van der Waals surface area contributed by atoms with E-state index in [1.807, 2.05) is 69.9 Å². The number of amides is 1. The summed E-state index contributed by atoms with van der Waals surface area (Å²) in [6, 6.07) is 11.4. The molecule has 0 aromatic heterocycles. The zero-order valence-corrected chi connectivity index (χ0v) is 16.4. The minimum Gasteiger partial charge on any atom is -0.508 e. The third kappa shape index (κ3) is 4.57.